The lowest BCUT2D eigenvalue weighted by molar-refractivity contribution is 0.228. The van der Waals surface area contributed by atoms with Gasteiger partial charge in [0.25, 0.3) is 0 Å². The number of hydrogen-bond donors (Lipinski definition) is 1. The van der Waals surface area contributed by atoms with Gasteiger partial charge in [0.05, 0.1) is 0 Å². The van der Waals surface area contributed by atoms with Crippen molar-refractivity contribution < 1.29 is 4.74 Å². The van der Waals surface area contributed by atoms with Gasteiger partial charge in [0, 0.05) is 6.04 Å². The number of likely N-dealkylation sites (N-methyl/N-ethyl adjacent to an activating group) is 1. The second kappa shape index (κ2) is 8.21. The minimum atomic E-state index is 0.416. The average molecular weight is 263 g/mol. The van der Waals surface area contributed by atoms with Crippen LogP contribution in [0.15, 0.2) is 24.3 Å². The predicted molar refractivity (Wildman–Crippen MR) is 82.9 cm³/mol. The van der Waals surface area contributed by atoms with Crippen LogP contribution in [0, 0.1) is 5.92 Å². The van der Waals surface area contributed by atoms with E-state index in [-0.39, 0.29) is 0 Å². The summed E-state index contributed by atoms with van der Waals surface area (Å²) in [5, 5.41) is 3.34. The maximum absolute atomic E-state index is 5.89. The van der Waals surface area contributed by atoms with Crippen LogP contribution in [0.4, 0.5) is 0 Å². The zero-order valence-electron chi connectivity index (χ0n) is 13.1. The summed E-state index contributed by atoms with van der Waals surface area (Å²) in [6.07, 6.45) is 2.35. The van der Waals surface area contributed by atoms with Crippen LogP contribution in [-0.2, 0) is 0 Å². The second-order valence-corrected chi connectivity index (χ2v) is 5.47. The highest BCUT2D eigenvalue weighted by Gasteiger charge is 2.14. The highest BCUT2D eigenvalue weighted by Crippen LogP contribution is 2.21. The summed E-state index contributed by atoms with van der Waals surface area (Å²) in [4.78, 5) is 0. The van der Waals surface area contributed by atoms with Crippen LogP contribution in [0.5, 0.6) is 5.75 Å². The second-order valence-electron chi connectivity index (χ2n) is 5.47. The fraction of sp³-hybridized carbons (Fsp3) is 0.647. The molecule has 1 N–H and O–H groups in total. The summed E-state index contributed by atoms with van der Waals surface area (Å²) < 4.78 is 5.89. The van der Waals surface area contributed by atoms with Crippen molar-refractivity contribution in [3.05, 3.63) is 29.8 Å². The van der Waals surface area contributed by atoms with Gasteiger partial charge in [-0.25, -0.2) is 0 Å². The Kier molecular flexibility index (Phi) is 6.93. The molecule has 108 valence electrons. The van der Waals surface area contributed by atoms with Crippen LogP contribution in [0.2, 0.25) is 0 Å². The summed E-state index contributed by atoms with van der Waals surface area (Å²) in [6, 6.07) is 8.96. The number of nitrogens with one attached hydrogen (secondary N) is 1. The first-order valence-corrected chi connectivity index (χ1v) is 7.52. The summed E-state index contributed by atoms with van der Waals surface area (Å²) in [6.45, 7) is 9.69. The first-order chi connectivity index (χ1) is 9.12. The number of hydrogen-bond acceptors (Lipinski definition) is 2. The summed E-state index contributed by atoms with van der Waals surface area (Å²) in [5.74, 6) is 2.22. The number of ether oxygens (including phenoxy) is 1. The maximum Gasteiger partial charge on any atom is 0.119 e. The highest BCUT2D eigenvalue weighted by molar-refractivity contribution is 5.29. The molecular formula is C17H29NO. The zero-order chi connectivity index (χ0) is 14.3. The van der Waals surface area contributed by atoms with Crippen molar-refractivity contribution >= 4 is 0 Å². The Morgan fingerprint density at radius 2 is 1.68 bits per heavy atom. The molecule has 0 aliphatic heterocycles. The Balaban J connectivity index is 2.53. The molecule has 1 aromatic rings. The molecule has 0 radical (unpaired) electrons. The van der Waals surface area contributed by atoms with Gasteiger partial charge in [0.15, 0.2) is 0 Å². The molecule has 2 heteroatoms. The maximum atomic E-state index is 5.89. The Hall–Kier alpha value is -1.02. The van der Waals surface area contributed by atoms with E-state index in [1.54, 1.807) is 0 Å². The highest BCUT2D eigenvalue weighted by atomic mass is 16.5. The van der Waals surface area contributed by atoms with E-state index in [4.69, 9.17) is 4.74 Å². The van der Waals surface area contributed by atoms with Crippen LogP contribution in [0.1, 0.15) is 52.0 Å². The molecule has 0 bridgehead atoms. The molecule has 3 unspecified atom stereocenters. The fourth-order valence-corrected chi connectivity index (χ4v) is 2.13. The van der Waals surface area contributed by atoms with Crippen LogP contribution < -0.4 is 10.1 Å². The lowest BCUT2D eigenvalue weighted by Crippen LogP contribution is -2.37. The quantitative estimate of drug-likeness (QED) is 0.758. The van der Waals surface area contributed by atoms with Crippen molar-refractivity contribution in [2.24, 2.45) is 5.92 Å². The van der Waals surface area contributed by atoms with Gasteiger partial charge in [-0.3, -0.25) is 0 Å². The normalized spacial score (nSPS) is 15.8. The third kappa shape index (κ3) is 4.87. The van der Waals surface area contributed by atoms with Crippen molar-refractivity contribution in [3.63, 3.8) is 0 Å². The van der Waals surface area contributed by atoms with E-state index >= 15 is 0 Å². The van der Waals surface area contributed by atoms with Gasteiger partial charge < -0.3 is 10.1 Å². The topological polar surface area (TPSA) is 21.3 Å². The van der Waals surface area contributed by atoms with E-state index in [0.717, 1.165) is 12.4 Å². The molecule has 0 aliphatic rings. The van der Waals surface area contributed by atoms with Crippen LogP contribution >= 0.6 is 0 Å². The van der Waals surface area contributed by atoms with Gasteiger partial charge >= 0.3 is 0 Å². The Morgan fingerprint density at radius 3 is 2.16 bits per heavy atom. The van der Waals surface area contributed by atoms with Gasteiger partial charge in [-0.1, -0.05) is 46.2 Å². The van der Waals surface area contributed by atoms with Crippen molar-refractivity contribution in [1.29, 1.82) is 0 Å². The van der Waals surface area contributed by atoms with Crippen LogP contribution in [0.3, 0.4) is 0 Å². The average Bonchev–Trinajstić information content (AvgIpc) is 2.47. The smallest absolute Gasteiger partial charge is 0.119 e. The lowest BCUT2D eigenvalue weighted by Gasteiger charge is -2.22. The first-order valence-electron chi connectivity index (χ1n) is 7.52. The standard InChI is InChI=1S/C17H29NO/c1-6-13(3)15-8-10-16(11-9-15)19-12-17(18-5)14(4)7-2/h8-11,13-14,17-18H,6-7,12H2,1-5H3. The third-order valence-corrected chi connectivity index (χ3v) is 4.19. The van der Waals surface area contributed by atoms with E-state index in [1.807, 2.05) is 7.05 Å². The molecule has 19 heavy (non-hydrogen) atoms. The summed E-state index contributed by atoms with van der Waals surface area (Å²) >= 11 is 0. The monoisotopic (exact) mass is 263 g/mol. The molecule has 1 aromatic carbocycles. The summed E-state index contributed by atoms with van der Waals surface area (Å²) in [5.41, 5.74) is 1.39. The van der Waals surface area contributed by atoms with E-state index in [9.17, 15) is 0 Å². The molecular weight excluding hydrogens is 234 g/mol. The predicted octanol–water partition coefficient (Wildman–Crippen LogP) is 4.21. The van der Waals surface area contributed by atoms with Crippen molar-refractivity contribution in [3.8, 4) is 5.75 Å². The van der Waals surface area contributed by atoms with Crippen molar-refractivity contribution in [1.82, 2.24) is 5.32 Å². The molecule has 2 nitrogen and oxygen atoms in total. The minimum absolute atomic E-state index is 0.416. The van der Waals surface area contributed by atoms with Gasteiger partial charge in [0.1, 0.15) is 12.4 Å². The van der Waals surface area contributed by atoms with Gasteiger partial charge in [-0.15, -0.1) is 0 Å². The van der Waals surface area contributed by atoms with E-state index < -0.39 is 0 Å². The van der Waals surface area contributed by atoms with Crippen LogP contribution in [0.25, 0.3) is 0 Å². The van der Waals surface area contributed by atoms with Crippen molar-refractivity contribution in [2.45, 2.75) is 52.5 Å². The van der Waals surface area contributed by atoms with Crippen molar-refractivity contribution in [2.75, 3.05) is 13.7 Å². The van der Waals surface area contributed by atoms with Crippen LogP contribution in [-0.4, -0.2) is 19.7 Å². The van der Waals surface area contributed by atoms with Gasteiger partial charge in [-0.05, 0) is 43.0 Å². The molecule has 0 aliphatic carbocycles. The summed E-state index contributed by atoms with van der Waals surface area (Å²) in [7, 11) is 2.01. The van der Waals surface area contributed by atoms with E-state index in [1.165, 1.54) is 18.4 Å². The Morgan fingerprint density at radius 1 is 1.05 bits per heavy atom. The first kappa shape index (κ1) is 16.0. The van der Waals surface area contributed by atoms with E-state index in [2.05, 4.69) is 57.3 Å². The molecule has 0 amide bonds. The number of benzene rings is 1. The molecule has 3 atom stereocenters. The Labute approximate surface area is 118 Å². The molecule has 0 saturated heterocycles. The lowest BCUT2D eigenvalue weighted by atomic mass is 9.99. The SMILES string of the molecule is CCC(C)c1ccc(OCC(NC)C(C)CC)cc1. The molecule has 0 saturated carbocycles. The number of rotatable bonds is 8. The molecule has 0 fully saturated rings. The van der Waals surface area contributed by atoms with E-state index in [0.29, 0.717) is 17.9 Å². The van der Waals surface area contributed by atoms with Gasteiger partial charge in [-0.2, -0.15) is 0 Å². The largest absolute Gasteiger partial charge is 0.492 e. The fourth-order valence-electron chi connectivity index (χ4n) is 2.13. The zero-order valence-corrected chi connectivity index (χ0v) is 13.1. The van der Waals surface area contributed by atoms with Gasteiger partial charge in [0.2, 0.25) is 0 Å². The Bertz CT molecular complexity index is 347. The molecule has 1 rings (SSSR count). The minimum Gasteiger partial charge on any atom is -0.492 e. The molecule has 0 heterocycles. The third-order valence-electron chi connectivity index (χ3n) is 4.19. The molecule has 0 aromatic heterocycles. The molecule has 0 spiro atoms.